The average molecular weight is 513 g/mol. The van der Waals surface area contributed by atoms with Gasteiger partial charge in [0.05, 0.1) is 16.0 Å². The van der Waals surface area contributed by atoms with Crippen LogP contribution >= 0.6 is 23.2 Å². The maximum absolute atomic E-state index is 12.5. The summed E-state index contributed by atoms with van der Waals surface area (Å²) in [5.41, 5.74) is 2.22. The summed E-state index contributed by atoms with van der Waals surface area (Å²) in [5, 5.41) is 3.23. The SMILES string of the molecule is Cc1ccc(Oc2ccc(N3C[C@@H](C(=O)OCC(=O)Nc4ccc(Cl)c(Cl)c4)CC3=O)cc2)cc1. The van der Waals surface area contributed by atoms with Crippen molar-refractivity contribution in [1.29, 1.82) is 0 Å². The lowest BCUT2D eigenvalue weighted by atomic mass is 10.1. The largest absolute Gasteiger partial charge is 0.457 e. The molecule has 1 saturated heterocycles. The van der Waals surface area contributed by atoms with E-state index in [-0.39, 0.29) is 18.9 Å². The normalized spacial score (nSPS) is 15.1. The van der Waals surface area contributed by atoms with Crippen molar-refractivity contribution >= 4 is 52.4 Å². The number of carbonyl (C=O) groups excluding carboxylic acids is 3. The van der Waals surface area contributed by atoms with Crippen LogP contribution in [0.25, 0.3) is 0 Å². The highest BCUT2D eigenvalue weighted by atomic mass is 35.5. The topological polar surface area (TPSA) is 84.9 Å². The molecule has 1 heterocycles. The molecule has 180 valence electrons. The monoisotopic (exact) mass is 512 g/mol. The second kappa shape index (κ2) is 10.8. The first-order chi connectivity index (χ1) is 16.8. The molecule has 1 aliphatic rings. The van der Waals surface area contributed by atoms with Crippen LogP contribution in [0.4, 0.5) is 11.4 Å². The van der Waals surface area contributed by atoms with Crippen molar-refractivity contribution in [3.63, 3.8) is 0 Å². The van der Waals surface area contributed by atoms with E-state index in [0.29, 0.717) is 32.9 Å². The number of carbonyl (C=O) groups is 3. The van der Waals surface area contributed by atoms with E-state index in [0.717, 1.165) is 5.56 Å². The number of hydrogen-bond donors (Lipinski definition) is 1. The van der Waals surface area contributed by atoms with Crippen molar-refractivity contribution in [2.75, 3.05) is 23.4 Å². The van der Waals surface area contributed by atoms with Crippen LogP contribution in [0, 0.1) is 12.8 Å². The van der Waals surface area contributed by atoms with Gasteiger partial charge < -0.3 is 19.7 Å². The van der Waals surface area contributed by atoms with E-state index < -0.39 is 24.4 Å². The van der Waals surface area contributed by atoms with Crippen LogP contribution < -0.4 is 15.0 Å². The van der Waals surface area contributed by atoms with Gasteiger partial charge in [-0.15, -0.1) is 0 Å². The number of aryl methyl sites for hydroxylation is 1. The summed E-state index contributed by atoms with van der Waals surface area (Å²) in [6, 6.07) is 19.4. The maximum Gasteiger partial charge on any atom is 0.311 e. The molecule has 0 bridgehead atoms. The van der Waals surface area contributed by atoms with E-state index in [2.05, 4.69) is 5.32 Å². The zero-order valence-electron chi connectivity index (χ0n) is 18.8. The Morgan fingerprint density at radius 3 is 2.29 bits per heavy atom. The Kier molecular flexibility index (Phi) is 7.58. The van der Waals surface area contributed by atoms with Crippen LogP contribution in [-0.2, 0) is 19.1 Å². The van der Waals surface area contributed by atoms with Gasteiger partial charge in [0, 0.05) is 24.3 Å². The Labute approximate surface area is 212 Å². The molecular weight excluding hydrogens is 491 g/mol. The number of ether oxygens (including phenoxy) is 2. The van der Waals surface area contributed by atoms with E-state index in [9.17, 15) is 14.4 Å². The van der Waals surface area contributed by atoms with Crippen molar-refractivity contribution in [3.05, 3.63) is 82.3 Å². The van der Waals surface area contributed by atoms with Crippen molar-refractivity contribution in [3.8, 4) is 11.5 Å². The van der Waals surface area contributed by atoms with E-state index in [4.69, 9.17) is 32.7 Å². The number of nitrogens with zero attached hydrogens (tertiary/aromatic N) is 1. The maximum atomic E-state index is 12.5. The highest BCUT2D eigenvalue weighted by Gasteiger charge is 2.36. The molecule has 7 nitrogen and oxygen atoms in total. The van der Waals surface area contributed by atoms with Crippen LogP contribution in [0.1, 0.15) is 12.0 Å². The van der Waals surface area contributed by atoms with Crippen LogP contribution in [0.5, 0.6) is 11.5 Å². The summed E-state index contributed by atoms with van der Waals surface area (Å²) in [4.78, 5) is 38.6. The van der Waals surface area contributed by atoms with Gasteiger partial charge in [0.15, 0.2) is 6.61 Å². The summed E-state index contributed by atoms with van der Waals surface area (Å²) < 4.78 is 10.9. The lowest BCUT2D eigenvalue weighted by Crippen LogP contribution is -2.28. The molecule has 0 spiro atoms. The third-order valence-corrected chi connectivity index (χ3v) is 6.15. The highest BCUT2D eigenvalue weighted by molar-refractivity contribution is 6.42. The molecule has 4 rings (SSSR count). The fourth-order valence-corrected chi connectivity index (χ4v) is 3.88. The van der Waals surface area contributed by atoms with E-state index in [1.54, 1.807) is 36.4 Å². The van der Waals surface area contributed by atoms with Gasteiger partial charge in [-0.1, -0.05) is 40.9 Å². The highest BCUT2D eigenvalue weighted by Crippen LogP contribution is 2.29. The van der Waals surface area contributed by atoms with Crippen LogP contribution in [0.2, 0.25) is 10.0 Å². The zero-order chi connectivity index (χ0) is 24.9. The Balaban J connectivity index is 1.29. The van der Waals surface area contributed by atoms with Gasteiger partial charge in [0.2, 0.25) is 5.91 Å². The Hall–Kier alpha value is -3.55. The lowest BCUT2D eigenvalue weighted by Gasteiger charge is -2.17. The van der Waals surface area contributed by atoms with Crippen LogP contribution in [0.15, 0.2) is 66.7 Å². The number of esters is 1. The Bertz CT molecular complexity index is 1250. The summed E-state index contributed by atoms with van der Waals surface area (Å²) >= 11 is 11.8. The van der Waals surface area contributed by atoms with Crippen molar-refractivity contribution < 1.29 is 23.9 Å². The molecule has 1 N–H and O–H groups in total. The summed E-state index contributed by atoms with van der Waals surface area (Å²) in [5.74, 6) is -0.644. The molecule has 1 aliphatic heterocycles. The third-order valence-electron chi connectivity index (χ3n) is 5.41. The van der Waals surface area contributed by atoms with E-state index in [1.807, 2.05) is 31.2 Å². The molecular formula is C26H22Cl2N2O5. The Morgan fingerprint density at radius 1 is 0.971 bits per heavy atom. The quantitative estimate of drug-likeness (QED) is 0.414. The number of nitrogens with one attached hydrogen (secondary N) is 1. The number of rotatable bonds is 7. The molecule has 0 aliphatic carbocycles. The fourth-order valence-electron chi connectivity index (χ4n) is 3.58. The molecule has 35 heavy (non-hydrogen) atoms. The minimum Gasteiger partial charge on any atom is -0.457 e. The molecule has 1 fully saturated rings. The predicted octanol–water partition coefficient (Wildman–Crippen LogP) is 5.63. The van der Waals surface area contributed by atoms with Gasteiger partial charge in [0.25, 0.3) is 5.91 Å². The summed E-state index contributed by atoms with van der Waals surface area (Å²) in [6.07, 6.45) is 0.00879. The smallest absolute Gasteiger partial charge is 0.311 e. The van der Waals surface area contributed by atoms with Gasteiger partial charge in [-0.3, -0.25) is 14.4 Å². The molecule has 1 atom stereocenters. The number of benzene rings is 3. The average Bonchev–Trinajstić information content (AvgIpc) is 3.23. The first-order valence-electron chi connectivity index (χ1n) is 10.8. The molecule has 3 aromatic rings. The lowest BCUT2D eigenvalue weighted by molar-refractivity contribution is -0.151. The second-order valence-electron chi connectivity index (χ2n) is 8.10. The van der Waals surface area contributed by atoms with Gasteiger partial charge in [-0.25, -0.2) is 0 Å². The number of anilines is 2. The van der Waals surface area contributed by atoms with Crippen LogP contribution in [-0.4, -0.2) is 30.9 Å². The predicted molar refractivity (Wildman–Crippen MR) is 134 cm³/mol. The molecule has 2 amide bonds. The fraction of sp³-hybridized carbons (Fsp3) is 0.192. The van der Waals surface area contributed by atoms with Crippen molar-refractivity contribution in [2.24, 2.45) is 5.92 Å². The number of halogens is 2. The molecule has 0 saturated carbocycles. The summed E-state index contributed by atoms with van der Waals surface area (Å²) in [6.45, 7) is 1.69. The molecule has 0 radical (unpaired) electrons. The second-order valence-corrected chi connectivity index (χ2v) is 8.91. The number of hydrogen-bond acceptors (Lipinski definition) is 5. The van der Waals surface area contributed by atoms with Gasteiger partial charge in [-0.05, 0) is 61.5 Å². The number of amides is 2. The van der Waals surface area contributed by atoms with Crippen LogP contribution in [0.3, 0.4) is 0 Å². The van der Waals surface area contributed by atoms with Gasteiger partial charge in [0.1, 0.15) is 11.5 Å². The first-order valence-corrected chi connectivity index (χ1v) is 11.6. The van der Waals surface area contributed by atoms with E-state index >= 15 is 0 Å². The van der Waals surface area contributed by atoms with Gasteiger partial charge >= 0.3 is 5.97 Å². The van der Waals surface area contributed by atoms with Crippen molar-refractivity contribution in [2.45, 2.75) is 13.3 Å². The van der Waals surface area contributed by atoms with E-state index in [1.165, 1.54) is 11.0 Å². The minimum absolute atomic E-state index is 0.00879. The summed E-state index contributed by atoms with van der Waals surface area (Å²) in [7, 11) is 0. The molecule has 3 aromatic carbocycles. The molecule has 0 unspecified atom stereocenters. The zero-order valence-corrected chi connectivity index (χ0v) is 20.3. The third kappa shape index (κ3) is 6.32. The molecule has 9 heteroatoms. The minimum atomic E-state index is -0.663. The Morgan fingerprint density at radius 2 is 1.63 bits per heavy atom. The standard InChI is InChI=1S/C26H22Cl2N2O5/c1-16-2-7-20(8-3-16)35-21-9-5-19(6-10-21)30-14-17(12-25(30)32)26(33)34-15-24(31)29-18-4-11-22(27)23(28)13-18/h2-11,13,17H,12,14-15H2,1H3,(H,29,31)/t17-/m0/s1. The van der Waals surface area contributed by atoms with Crippen molar-refractivity contribution in [1.82, 2.24) is 0 Å². The van der Waals surface area contributed by atoms with Gasteiger partial charge in [-0.2, -0.15) is 0 Å². The first kappa shape index (κ1) is 24.6. The molecule has 0 aromatic heterocycles.